The molecule has 0 atom stereocenters. The van der Waals surface area contributed by atoms with Crippen LogP contribution in [-0.4, -0.2) is 0 Å². The Morgan fingerprint density at radius 2 is 1.30 bits per heavy atom. The minimum absolute atomic E-state index is 0.337. The third-order valence-corrected chi connectivity index (χ3v) is 5.43. The van der Waals surface area contributed by atoms with Crippen LogP contribution in [0.2, 0.25) is 0 Å². The third kappa shape index (κ3) is 5.49. The molecule has 0 N–H and O–H groups in total. The Labute approximate surface area is 194 Å². The average Bonchev–Trinajstić information content (AvgIpc) is 2.86. The van der Waals surface area contributed by atoms with Gasteiger partial charge < -0.3 is 0 Å². The van der Waals surface area contributed by atoms with Crippen LogP contribution < -0.4 is 0 Å². The highest BCUT2D eigenvalue weighted by Gasteiger charge is 2.06. The average molecular weight is 428 g/mol. The molecule has 0 heterocycles. The molecule has 4 rings (SSSR count). The van der Waals surface area contributed by atoms with Gasteiger partial charge in [-0.1, -0.05) is 61.3 Å². The standard InChI is InChI=1S/C31H22FN/c1-2-3-4-23-5-7-24(8-6-23)9-12-26-16-20-30-29(21-26)19-18-28(31(30)32)17-15-25-10-13-27(22-33)14-11-25/h5-8,10-11,13-14,16,18-21H,2-4H2,1H3. The van der Waals surface area contributed by atoms with Crippen molar-refractivity contribution in [3.05, 3.63) is 118 Å². The van der Waals surface area contributed by atoms with Crippen molar-refractivity contribution < 1.29 is 4.39 Å². The zero-order valence-corrected chi connectivity index (χ0v) is 18.5. The van der Waals surface area contributed by atoms with Crippen molar-refractivity contribution in [2.24, 2.45) is 0 Å². The lowest BCUT2D eigenvalue weighted by molar-refractivity contribution is 0.636. The molecule has 0 aliphatic carbocycles. The molecule has 4 aromatic rings. The maximum Gasteiger partial charge on any atom is 0.146 e. The van der Waals surface area contributed by atoms with Crippen molar-refractivity contribution >= 4 is 10.8 Å². The molecule has 0 unspecified atom stereocenters. The largest absolute Gasteiger partial charge is 0.205 e. The van der Waals surface area contributed by atoms with Gasteiger partial charge in [0.1, 0.15) is 5.82 Å². The Bertz CT molecular complexity index is 1450. The first-order valence-corrected chi connectivity index (χ1v) is 11.0. The van der Waals surface area contributed by atoms with Crippen LogP contribution in [0.15, 0.2) is 78.9 Å². The Balaban J connectivity index is 1.54. The van der Waals surface area contributed by atoms with E-state index in [0.29, 0.717) is 16.5 Å². The molecule has 33 heavy (non-hydrogen) atoms. The van der Waals surface area contributed by atoms with Crippen molar-refractivity contribution in [3.8, 4) is 29.8 Å². The van der Waals surface area contributed by atoms with Gasteiger partial charge in [-0.2, -0.15) is 5.26 Å². The van der Waals surface area contributed by atoms with E-state index in [2.05, 4.69) is 60.9 Å². The van der Waals surface area contributed by atoms with Crippen molar-refractivity contribution in [1.82, 2.24) is 0 Å². The molecule has 0 amide bonds. The number of unbranched alkanes of at least 4 members (excludes halogenated alkanes) is 1. The maximum atomic E-state index is 15.0. The van der Waals surface area contributed by atoms with Gasteiger partial charge in [0.25, 0.3) is 0 Å². The zero-order chi connectivity index (χ0) is 23.0. The summed E-state index contributed by atoms with van der Waals surface area (Å²) < 4.78 is 15.0. The first-order chi connectivity index (χ1) is 16.2. The predicted molar refractivity (Wildman–Crippen MR) is 132 cm³/mol. The van der Waals surface area contributed by atoms with Crippen LogP contribution in [0.5, 0.6) is 0 Å². The summed E-state index contributed by atoms with van der Waals surface area (Å²) in [5.41, 5.74) is 4.79. The molecule has 1 nitrogen and oxygen atoms in total. The number of nitrogens with zero attached hydrogens (tertiary/aromatic N) is 1. The molecule has 4 aromatic carbocycles. The van der Waals surface area contributed by atoms with Gasteiger partial charge in [-0.3, -0.25) is 0 Å². The normalized spacial score (nSPS) is 9.97. The van der Waals surface area contributed by atoms with E-state index in [1.165, 1.54) is 18.4 Å². The number of rotatable bonds is 3. The first kappa shape index (κ1) is 21.9. The smallest absolute Gasteiger partial charge is 0.146 e. The fourth-order valence-electron chi connectivity index (χ4n) is 3.51. The summed E-state index contributed by atoms with van der Waals surface area (Å²) >= 11 is 0. The number of benzene rings is 4. The lowest BCUT2D eigenvalue weighted by Crippen LogP contribution is -1.88. The zero-order valence-electron chi connectivity index (χ0n) is 18.5. The van der Waals surface area contributed by atoms with E-state index in [1.54, 1.807) is 36.4 Å². The summed E-state index contributed by atoms with van der Waals surface area (Å²) in [4.78, 5) is 0. The molecular weight excluding hydrogens is 405 g/mol. The maximum absolute atomic E-state index is 15.0. The van der Waals surface area contributed by atoms with Crippen LogP contribution in [0, 0.1) is 40.8 Å². The summed E-state index contributed by atoms with van der Waals surface area (Å²) in [7, 11) is 0. The Morgan fingerprint density at radius 3 is 2.00 bits per heavy atom. The molecule has 0 spiro atoms. The van der Waals surface area contributed by atoms with E-state index in [-0.39, 0.29) is 5.82 Å². The SMILES string of the molecule is CCCCc1ccc(C#Cc2ccc3c(F)c(C#Cc4ccc(C#N)cc4)ccc3c2)cc1. The summed E-state index contributed by atoms with van der Waals surface area (Å²) in [5.74, 6) is 11.9. The fourth-order valence-corrected chi connectivity index (χ4v) is 3.51. The van der Waals surface area contributed by atoms with Crippen molar-refractivity contribution in [2.45, 2.75) is 26.2 Å². The Hall–Kier alpha value is -4.32. The number of fused-ring (bicyclic) bond motifs is 1. The first-order valence-electron chi connectivity index (χ1n) is 11.0. The van der Waals surface area contributed by atoms with Crippen molar-refractivity contribution in [3.63, 3.8) is 0 Å². The molecule has 0 fully saturated rings. The molecule has 158 valence electrons. The van der Waals surface area contributed by atoms with Gasteiger partial charge in [-0.25, -0.2) is 4.39 Å². The Morgan fingerprint density at radius 1 is 0.697 bits per heavy atom. The van der Waals surface area contributed by atoms with Crippen LogP contribution >= 0.6 is 0 Å². The quantitative estimate of drug-likeness (QED) is 0.323. The number of hydrogen-bond acceptors (Lipinski definition) is 1. The van der Waals surface area contributed by atoms with Gasteiger partial charge >= 0.3 is 0 Å². The molecule has 0 aliphatic rings. The fraction of sp³-hybridized carbons (Fsp3) is 0.129. The van der Waals surface area contributed by atoms with Gasteiger partial charge in [0.05, 0.1) is 17.2 Å². The van der Waals surface area contributed by atoms with Crippen LogP contribution in [0.1, 0.15) is 53.1 Å². The highest BCUT2D eigenvalue weighted by Crippen LogP contribution is 2.22. The highest BCUT2D eigenvalue weighted by atomic mass is 19.1. The van der Waals surface area contributed by atoms with Gasteiger partial charge in [-0.15, -0.1) is 0 Å². The van der Waals surface area contributed by atoms with E-state index in [9.17, 15) is 0 Å². The van der Waals surface area contributed by atoms with Crippen LogP contribution in [-0.2, 0) is 6.42 Å². The van der Waals surface area contributed by atoms with Gasteiger partial charge in [0, 0.05) is 22.1 Å². The van der Waals surface area contributed by atoms with E-state index < -0.39 is 0 Å². The minimum atomic E-state index is -0.337. The van der Waals surface area contributed by atoms with Gasteiger partial charge in [-0.05, 0) is 78.4 Å². The summed E-state index contributed by atoms with van der Waals surface area (Å²) in [6, 6.07) is 26.4. The second-order valence-electron chi connectivity index (χ2n) is 7.85. The lowest BCUT2D eigenvalue weighted by atomic mass is 10.0. The summed E-state index contributed by atoms with van der Waals surface area (Å²) in [6.07, 6.45) is 3.48. The van der Waals surface area contributed by atoms with Crippen LogP contribution in [0.25, 0.3) is 10.8 Å². The molecule has 0 bridgehead atoms. The van der Waals surface area contributed by atoms with E-state index in [0.717, 1.165) is 28.5 Å². The number of aryl methyl sites for hydroxylation is 1. The van der Waals surface area contributed by atoms with E-state index in [1.807, 2.05) is 18.2 Å². The minimum Gasteiger partial charge on any atom is -0.205 e. The second-order valence-corrected chi connectivity index (χ2v) is 7.85. The van der Waals surface area contributed by atoms with E-state index >= 15 is 4.39 Å². The van der Waals surface area contributed by atoms with Crippen LogP contribution in [0.4, 0.5) is 4.39 Å². The number of halogens is 1. The summed E-state index contributed by atoms with van der Waals surface area (Å²) in [6.45, 7) is 2.20. The lowest BCUT2D eigenvalue weighted by Gasteiger charge is -2.03. The van der Waals surface area contributed by atoms with Crippen LogP contribution in [0.3, 0.4) is 0 Å². The topological polar surface area (TPSA) is 23.8 Å². The molecule has 0 aromatic heterocycles. The molecule has 0 saturated carbocycles. The van der Waals surface area contributed by atoms with Crippen molar-refractivity contribution in [2.75, 3.05) is 0 Å². The monoisotopic (exact) mass is 427 g/mol. The molecule has 0 aliphatic heterocycles. The number of hydrogen-bond donors (Lipinski definition) is 0. The van der Waals surface area contributed by atoms with E-state index in [4.69, 9.17) is 5.26 Å². The Kier molecular flexibility index (Phi) is 6.85. The second kappa shape index (κ2) is 10.3. The molecular formula is C31H22FN. The molecule has 0 radical (unpaired) electrons. The van der Waals surface area contributed by atoms with Crippen molar-refractivity contribution in [1.29, 1.82) is 5.26 Å². The molecule has 2 heteroatoms. The third-order valence-electron chi connectivity index (χ3n) is 5.43. The highest BCUT2D eigenvalue weighted by molar-refractivity contribution is 5.86. The summed E-state index contributed by atoms with van der Waals surface area (Å²) in [5, 5.41) is 10.2. The van der Waals surface area contributed by atoms with Gasteiger partial charge in [0.2, 0.25) is 0 Å². The molecule has 0 saturated heterocycles. The predicted octanol–water partition coefficient (Wildman–Crippen LogP) is 6.99. The number of nitriles is 1. The van der Waals surface area contributed by atoms with Gasteiger partial charge in [0.15, 0.2) is 0 Å².